The van der Waals surface area contributed by atoms with Crippen molar-refractivity contribution in [1.29, 1.82) is 0 Å². The standard InChI is InChI=1S/C16H23N3O2/c1-5-12(11(3)17-6-2)16-18-15(19-21-16)13-9-7-8-10-14(13)20-4/h7-12,17H,5-6H2,1-4H3. The van der Waals surface area contributed by atoms with E-state index < -0.39 is 0 Å². The normalized spacial score (nSPS) is 13.9. The minimum absolute atomic E-state index is 0.209. The van der Waals surface area contributed by atoms with E-state index in [9.17, 15) is 0 Å². The lowest BCUT2D eigenvalue weighted by Crippen LogP contribution is -2.31. The number of nitrogens with one attached hydrogen (secondary N) is 1. The maximum absolute atomic E-state index is 5.48. The first kappa shape index (κ1) is 15.5. The van der Waals surface area contributed by atoms with Gasteiger partial charge in [-0.3, -0.25) is 0 Å². The molecule has 2 atom stereocenters. The molecule has 114 valence electrons. The van der Waals surface area contributed by atoms with Crippen LogP contribution in [0.4, 0.5) is 0 Å². The first-order valence-corrected chi connectivity index (χ1v) is 7.41. The summed E-state index contributed by atoms with van der Waals surface area (Å²) < 4.78 is 10.8. The van der Waals surface area contributed by atoms with Crippen LogP contribution in [0.5, 0.6) is 5.75 Å². The number of ether oxygens (including phenoxy) is 1. The molecule has 5 heteroatoms. The minimum Gasteiger partial charge on any atom is -0.496 e. The van der Waals surface area contributed by atoms with Crippen LogP contribution in [0, 0.1) is 0 Å². The van der Waals surface area contributed by atoms with Crippen molar-refractivity contribution in [2.75, 3.05) is 13.7 Å². The number of likely N-dealkylation sites (N-methyl/N-ethyl adjacent to an activating group) is 1. The Hall–Kier alpha value is -1.88. The van der Waals surface area contributed by atoms with E-state index in [0.29, 0.717) is 17.8 Å². The van der Waals surface area contributed by atoms with E-state index in [4.69, 9.17) is 9.26 Å². The number of para-hydroxylation sites is 1. The van der Waals surface area contributed by atoms with Crippen molar-refractivity contribution in [3.63, 3.8) is 0 Å². The van der Waals surface area contributed by atoms with Crippen molar-refractivity contribution in [1.82, 2.24) is 15.5 Å². The second-order valence-corrected chi connectivity index (χ2v) is 5.02. The lowest BCUT2D eigenvalue weighted by atomic mass is 9.98. The molecule has 0 radical (unpaired) electrons. The fraction of sp³-hybridized carbons (Fsp3) is 0.500. The van der Waals surface area contributed by atoms with Crippen LogP contribution in [0.15, 0.2) is 28.8 Å². The molecule has 0 spiro atoms. The van der Waals surface area contributed by atoms with Crippen LogP contribution in [-0.2, 0) is 0 Å². The zero-order valence-corrected chi connectivity index (χ0v) is 13.1. The molecular formula is C16H23N3O2. The Morgan fingerprint density at radius 3 is 2.71 bits per heavy atom. The smallest absolute Gasteiger partial charge is 0.231 e. The third-order valence-electron chi connectivity index (χ3n) is 3.68. The Labute approximate surface area is 125 Å². The van der Waals surface area contributed by atoms with E-state index in [1.807, 2.05) is 24.3 Å². The largest absolute Gasteiger partial charge is 0.496 e. The maximum atomic E-state index is 5.48. The van der Waals surface area contributed by atoms with E-state index in [-0.39, 0.29) is 5.92 Å². The third kappa shape index (κ3) is 3.42. The Morgan fingerprint density at radius 2 is 2.05 bits per heavy atom. The van der Waals surface area contributed by atoms with Crippen molar-refractivity contribution in [3.05, 3.63) is 30.2 Å². The lowest BCUT2D eigenvalue weighted by molar-refractivity contribution is 0.318. The fourth-order valence-corrected chi connectivity index (χ4v) is 2.53. The van der Waals surface area contributed by atoms with Crippen LogP contribution >= 0.6 is 0 Å². The van der Waals surface area contributed by atoms with Crippen molar-refractivity contribution in [2.24, 2.45) is 0 Å². The highest BCUT2D eigenvalue weighted by molar-refractivity contribution is 5.63. The summed E-state index contributed by atoms with van der Waals surface area (Å²) in [5.41, 5.74) is 0.848. The van der Waals surface area contributed by atoms with Crippen LogP contribution in [-0.4, -0.2) is 29.8 Å². The van der Waals surface area contributed by atoms with Crippen LogP contribution in [0.2, 0.25) is 0 Å². The quantitative estimate of drug-likeness (QED) is 0.848. The number of hydrogen-bond donors (Lipinski definition) is 1. The van der Waals surface area contributed by atoms with Gasteiger partial charge in [0.15, 0.2) is 0 Å². The van der Waals surface area contributed by atoms with Crippen LogP contribution in [0.25, 0.3) is 11.4 Å². The molecule has 2 aromatic rings. The predicted octanol–water partition coefficient (Wildman–Crippen LogP) is 3.24. The van der Waals surface area contributed by atoms with E-state index in [1.54, 1.807) is 7.11 Å². The first-order chi connectivity index (χ1) is 10.2. The van der Waals surface area contributed by atoms with Gasteiger partial charge in [0.1, 0.15) is 5.75 Å². The minimum atomic E-state index is 0.209. The lowest BCUT2D eigenvalue weighted by Gasteiger charge is -2.19. The molecule has 0 aliphatic heterocycles. The molecule has 2 unspecified atom stereocenters. The van der Waals surface area contributed by atoms with E-state index >= 15 is 0 Å². The van der Waals surface area contributed by atoms with Gasteiger partial charge in [-0.2, -0.15) is 4.98 Å². The average molecular weight is 289 g/mol. The van der Waals surface area contributed by atoms with Gasteiger partial charge < -0.3 is 14.6 Å². The van der Waals surface area contributed by atoms with Crippen LogP contribution in [0.1, 0.15) is 39.0 Å². The van der Waals surface area contributed by atoms with E-state index in [0.717, 1.165) is 24.3 Å². The van der Waals surface area contributed by atoms with Gasteiger partial charge in [0, 0.05) is 6.04 Å². The molecule has 0 fully saturated rings. The highest BCUT2D eigenvalue weighted by atomic mass is 16.5. The maximum Gasteiger partial charge on any atom is 0.231 e. The summed E-state index contributed by atoms with van der Waals surface area (Å²) in [6.45, 7) is 7.29. The number of methoxy groups -OCH3 is 1. The van der Waals surface area contributed by atoms with Crippen molar-refractivity contribution in [2.45, 2.75) is 39.2 Å². The summed E-state index contributed by atoms with van der Waals surface area (Å²) in [7, 11) is 1.64. The third-order valence-corrected chi connectivity index (χ3v) is 3.68. The molecule has 0 saturated heterocycles. The summed E-state index contributed by atoms with van der Waals surface area (Å²) in [4.78, 5) is 4.57. The highest BCUT2D eigenvalue weighted by Gasteiger charge is 2.24. The second-order valence-electron chi connectivity index (χ2n) is 5.02. The molecule has 2 rings (SSSR count). The summed E-state index contributed by atoms with van der Waals surface area (Å²) >= 11 is 0. The molecule has 0 amide bonds. The number of benzene rings is 1. The molecule has 0 aliphatic carbocycles. The summed E-state index contributed by atoms with van der Waals surface area (Å²) in [6.07, 6.45) is 0.946. The van der Waals surface area contributed by atoms with Gasteiger partial charge in [0.05, 0.1) is 18.6 Å². The number of nitrogens with zero attached hydrogens (tertiary/aromatic N) is 2. The highest BCUT2D eigenvalue weighted by Crippen LogP contribution is 2.29. The van der Waals surface area contributed by atoms with Gasteiger partial charge in [0.2, 0.25) is 11.7 Å². The Kier molecular flexibility index (Phi) is 5.33. The number of hydrogen-bond acceptors (Lipinski definition) is 5. The number of rotatable bonds is 7. The monoisotopic (exact) mass is 289 g/mol. The topological polar surface area (TPSA) is 60.2 Å². The Balaban J connectivity index is 2.28. The summed E-state index contributed by atoms with van der Waals surface area (Å²) in [6, 6.07) is 7.98. The van der Waals surface area contributed by atoms with Crippen LogP contribution < -0.4 is 10.1 Å². The molecule has 21 heavy (non-hydrogen) atoms. The molecule has 0 aliphatic rings. The van der Waals surface area contributed by atoms with Crippen LogP contribution in [0.3, 0.4) is 0 Å². The van der Waals surface area contributed by atoms with Gasteiger partial charge >= 0.3 is 0 Å². The molecule has 1 heterocycles. The van der Waals surface area contributed by atoms with Gasteiger partial charge in [-0.1, -0.05) is 31.1 Å². The Morgan fingerprint density at radius 1 is 1.29 bits per heavy atom. The van der Waals surface area contributed by atoms with Crippen molar-refractivity contribution in [3.8, 4) is 17.1 Å². The average Bonchev–Trinajstić information content (AvgIpc) is 2.97. The molecule has 0 saturated carbocycles. The molecule has 0 bridgehead atoms. The van der Waals surface area contributed by atoms with Crippen molar-refractivity contribution >= 4 is 0 Å². The Bertz CT molecular complexity index is 568. The molecular weight excluding hydrogens is 266 g/mol. The van der Waals surface area contributed by atoms with Crippen molar-refractivity contribution < 1.29 is 9.26 Å². The molecule has 1 aromatic carbocycles. The fourth-order valence-electron chi connectivity index (χ4n) is 2.53. The van der Waals surface area contributed by atoms with Gasteiger partial charge in [-0.05, 0) is 32.0 Å². The number of aromatic nitrogens is 2. The van der Waals surface area contributed by atoms with E-state index in [2.05, 4.69) is 36.2 Å². The van der Waals surface area contributed by atoms with Gasteiger partial charge in [0.25, 0.3) is 0 Å². The predicted molar refractivity (Wildman–Crippen MR) is 82.5 cm³/mol. The second kappa shape index (κ2) is 7.22. The zero-order chi connectivity index (χ0) is 15.2. The molecule has 5 nitrogen and oxygen atoms in total. The molecule has 1 N–H and O–H groups in total. The zero-order valence-electron chi connectivity index (χ0n) is 13.1. The van der Waals surface area contributed by atoms with E-state index in [1.165, 1.54) is 0 Å². The van der Waals surface area contributed by atoms with Gasteiger partial charge in [-0.25, -0.2) is 0 Å². The summed E-state index contributed by atoms with van der Waals surface area (Å²) in [5, 5.41) is 7.53. The SMILES string of the molecule is CCNC(C)C(CC)c1nc(-c2ccccc2OC)no1. The summed E-state index contributed by atoms with van der Waals surface area (Å²) in [5.74, 6) is 2.20. The first-order valence-electron chi connectivity index (χ1n) is 7.41. The molecule has 1 aromatic heterocycles. The van der Waals surface area contributed by atoms with Gasteiger partial charge in [-0.15, -0.1) is 0 Å².